The van der Waals surface area contributed by atoms with Crippen LogP contribution in [0.15, 0.2) is 77.7 Å². The molecule has 3 aromatic carbocycles. The van der Waals surface area contributed by atoms with Gasteiger partial charge in [-0.05, 0) is 47.6 Å². The van der Waals surface area contributed by atoms with Crippen LogP contribution < -0.4 is 0 Å². The van der Waals surface area contributed by atoms with Crippen molar-refractivity contribution in [3.8, 4) is 22.3 Å². The summed E-state index contributed by atoms with van der Waals surface area (Å²) < 4.78 is 0. The second kappa shape index (κ2) is 8.59. The molecule has 0 amide bonds. The highest BCUT2D eigenvalue weighted by molar-refractivity contribution is 7.98. The fourth-order valence-electron chi connectivity index (χ4n) is 2.54. The lowest BCUT2D eigenvalue weighted by Gasteiger charge is -2.12. The highest BCUT2D eigenvalue weighted by Gasteiger charge is 2.07. The Hall–Kier alpha value is -1.99. The van der Waals surface area contributed by atoms with Crippen LogP contribution in [-0.2, 0) is 0 Å². The van der Waals surface area contributed by atoms with Crippen molar-refractivity contribution in [2.75, 3.05) is 6.26 Å². The molecule has 23 heavy (non-hydrogen) atoms. The van der Waals surface area contributed by atoms with Gasteiger partial charge in [0, 0.05) is 4.90 Å². The molecule has 0 saturated heterocycles. The van der Waals surface area contributed by atoms with Crippen molar-refractivity contribution in [2.45, 2.75) is 25.7 Å². The SMILES string of the molecule is CC.CSc1ccc(-c2cc(C)ccc2-c2ccccc2)cc1. The first-order valence-electron chi connectivity index (χ1n) is 8.08. The molecule has 0 heterocycles. The average Bonchev–Trinajstić information content (AvgIpc) is 2.64. The molecule has 0 fully saturated rings. The van der Waals surface area contributed by atoms with Crippen molar-refractivity contribution in [1.82, 2.24) is 0 Å². The van der Waals surface area contributed by atoms with Crippen molar-refractivity contribution in [2.24, 2.45) is 0 Å². The lowest BCUT2D eigenvalue weighted by molar-refractivity contribution is 1.43. The summed E-state index contributed by atoms with van der Waals surface area (Å²) in [5.41, 5.74) is 6.42. The fraction of sp³-hybridized carbons (Fsp3) is 0.182. The largest absolute Gasteiger partial charge is 0.130 e. The quantitative estimate of drug-likeness (QED) is 0.465. The molecule has 3 aromatic rings. The van der Waals surface area contributed by atoms with E-state index >= 15 is 0 Å². The molecule has 0 radical (unpaired) electrons. The van der Waals surface area contributed by atoms with Crippen LogP contribution in [-0.4, -0.2) is 6.26 Å². The number of thioether (sulfide) groups is 1. The van der Waals surface area contributed by atoms with Crippen molar-refractivity contribution < 1.29 is 0 Å². The third-order valence-electron chi connectivity index (χ3n) is 3.66. The van der Waals surface area contributed by atoms with Gasteiger partial charge in [-0.3, -0.25) is 0 Å². The zero-order valence-electron chi connectivity index (χ0n) is 14.3. The Morgan fingerprint density at radius 2 is 1.26 bits per heavy atom. The summed E-state index contributed by atoms with van der Waals surface area (Å²) in [6.07, 6.45) is 2.11. The second-order valence-electron chi connectivity index (χ2n) is 5.14. The molecule has 3 rings (SSSR count). The Labute approximate surface area is 144 Å². The van der Waals surface area contributed by atoms with E-state index in [1.807, 2.05) is 13.8 Å². The van der Waals surface area contributed by atoms with Crippen molar-refractivity contribution >= 4 is 11.8 Å². The summed E-state index contributed by atoms with van der Waals surface area (Å²) in [5, 5.41) is 0. The van der Waals surface area contributed by atoms with Gasteiger partial charge in [-0.1, -0.05) is 80.1 Å². The number of benzene rings is 3. The Kier molecular flexibility index (Phi) is 6.49. The van der Waals surface area contributed by atoms with Crippen LogP contribution >= 0.6 is 11.8 Å². The van der Waals surface area contributed by atoms with Gasteiger partial charge >= 0.3 is 0 Å². The topological polar surface area (TPSA) is 0 Å². The Bertz CT molecular complexity index is 728. The zero-order valence-corrected chi connectivity index (χ0v) is 15.2. The molecule has 0 N–H and O–H groups in total. The second-order valence-corrected chi connectivity index (χ2v) is 6.02. The number of hydrogen-bond donors (Lipinski definition) is 0. The predicted molar refractivity (Wildman–Crippen MR) is 105 cm³/mol. The van der Waals surface area contributed by atoms with Gasteiger partial charge in [0.25, 0.3) is 0 Å². The molecule has 118 valence electrons. The van der Waals surface area contributed by atoms with Gasteiger partial charge in [-0.2, -0.15) is 0 Å². The monoisotopic (exact) mass is 320 g/mol. The molecule has 0 aromatic heterocycles. The van der Waals surface area contributed by atoms with Gasteiger partial charge in [-0.25, -0.2) is 0 Å². The Morgan fingerprint density at radius 3 is 1.87 bits per heavy atom. The third-order valence-corrected chi connectivity index (χ3v) is 4.40. The van der Waals surface area contributed by atoms with Crippen molar-refractivity contribution in [3.05, 3.63) is 78.4 Å². The lowest BCUT2D eigenvalue weighted by atomic mass is 9.93. The van der Waals surface area contributed by atoms with Gasteiger partial charge in [0.2, 0.25) is 0 Å². The van der Waals surface area contributed by atoms with Gasteiger partial charge in [0.05, 0.1) is 0 Å². The summed E-state index contributed by atoms with van der Waals surface area (Å²) in [6.45, 7) is 6.15. The van der Waals surface area contributed by atoms with E-state index in [4.69, 9.17) is 0 Å². The first kappa shape index (κ1) is 17.4. The predicted octanol–water partition coefficient (Wildman–Crippen LogP) is 7.08. The minimum Gasteiger partial charge on any atom is -0.130 e. The Morgan fingerprint density at radius 1 is 0.652 bits per heavy atom. The summed E-state index contributed by atoms with van der Waals surface area (Å²) in [5.74, 6) is 0. The van der Waals surface area contributed by atoms with Crippen LogP contribution in [0.1, 0.15) is 19.4 Å². The smallest absolute Gasteiger partial charge is 0.00695 e. The van der Waals surface area contributed by atoms with E-state index < -0.39 is 0 Å². The standard InChI is InChI=1S/C20H18S.C2H6/c1-15-8-13-19(16-6-4-3-5-7-16)20(14-15)17-9-11-18(21-2)12-10-17;1-2/h3-14H,1-2H3;1-2H3. The summed E-state index contributed by atoms with van der Waals surface area (Å²) in [6, 6.07) is 26.1. The fourth-order valence-corrected chi connectivity index (χ4v) is 2.95. The maximum absolute atomic E-state index is 2.27. The molecule has 0 saturated carbocycles. The van der Waals surface area contributed by atoms with Crippen molar-refractivity contribution in [1.29, 1.82) is 0 Å². The number of hydrogen-bond acceptors (Lipinski definition) is 1. The van der Waals surface area contributed by atoms with Crippen molar-refractivity contribution in [3.63, 3.8) is 0 Å². The van der Waals surface area contributed by atoms with E-state index in [9.17, 15) is 0 Å². The van der Waals surface area contributed by atoms with Gasteiger partial charge in [0.15, 0.2) is 0 Å². The summed E-state index contributed by atoms with van der Waals surface area (Å²) >= 11 is 1.78. The first-order valence-corrected chi connectivity index (χ1v) is 9.31. The highest BCUT2D eigenvalue weighted by atomic mass is 32.2. The molecule has 0 unspecified atom stereocenters. The molecule has 0 aliphatic carbocycles. The maximum atomic E-state index is 2.27. The lowest BCUT2D eigenvalue weighted by Crippen LogP contribution is -1.87. The van der Waals surface area contributed by atoms with E-state index in [0.29, 0.717) is 0 Å². The minimum absolute atomic E-state index is 1.27. The normalized spacial score (nSPS) is 9.91. The van der Waals surface area contributed by atoms with E-state index in [1.54, 1.807) is 11.8 Å². The molecule has 0 atom stereocenters. The molecule has 0 spiro atoms. The van der Waals surface area contributed by atoms with E-state index in [0.717, 1.165) is 0 Å². The van der Waals surface area contributed by atoms with Gasteiger partial charge in [0.1, 0.15) is 0 Å². The van der Waals surface area contributed by atoms with Crippen LogP contribution in [0.5, 0.6) is 0 Å². The molecular weight excluding hydrogens is 296 g/mol. The zero-order chi connectivity index (χ0) is 16.7. The first-order chi connectivity index (χ1) is 11.3. The highest BCUT2D eigenvalue weighted by Crippen LogP contribution is 2.33. The molecule has 0 aliphatic heterocycles. The number of aryl methyl sites for hydroxylation is 1. The molecule has 0 nitrogen and oxygen atoms in total. The summed E-state index contributed by atoms with van der Waals surface area (Å²) in [4.78, 5) is 1.30. The van der Waals surface area contributed by atoms with Gasteiger partial charge < -0.3 is 0 Å². The van der Waals surface area contributed by atoms with Crippen LogP contribution in [0.3, 0.4) is 0 Å². The minimum atomic E-state index is 1.27. The van der Waals surface area contributed by atoms with E-state index in [-0.39, 0.29) is 0 Å². The molecule has 1 heteroatoms. The summed E-state index contributed by atoms with van der Waals surface area (Å²) in [7, 11) is 0. The van der Waals surface area contributed by atoms with Crippen LogP contribution in [0.2, 0.25) is 0 Å². The van der Waals surface area contributed by atoms with E-state index in [2.05, 4.69) is 86.0 Å². The van der Waals surface area contributed by atoms with Crippen LogP contribution in [0, 0.1) is 6.92 Å². The Balaban J connectivity index is 0.000000924. The maximum Gasteiger partial charge on any atom is 0.00695 e. The molecular formula is C22H24S. The third kappa shape index (κ3) is 4.27. The molecule has 0 aliphatic rings. The van der Waals surface area contributed by atoms with Crippen LogP contribution in [0.4, 0.5) is 0 Å². The average molecular weight is 321 g/mol. The molecule has 0 bridgehead atoms. The van der Waals surface area contributed by atoms with Gasteiger partial charge in [-0.15, -0.1) is 11.8 Å². The van der Waals surface area contributed by atoms with Crippen LogP contribution in [0.25, 0.3) is 22.3 Å². The number of rotatable bonds is 3. The van der Waals surface area contributed by atoms with E-state index in [1.165, 1.54) is 32.7 Å².